The molecule has 0 unspecified atom stereocenters. The number of anilines is 1. The van der Waals surface area contributed by atoms with Crippen LogP contribution >= 0.6 is 11.3 Å². The molecule has 3 nitrogen and oxygen atoms in total. The van der Waals surface area contributed by atoms with Crippen LogP contribution in [0.4, 0.5) is 5.69 Å². The Hall–Kier alpha value is -1.81. The normalized spacial score (nSPS) is 10.3. The average molecular weight is 275 g/mol. The van der Waals surface area contributed by atoms with Crippen molar-refractivity contribution in [1.29, 1.82) is 0 Å². The summed E-state index contributed by atoms with van der Waals surface area (Å²) in [5, 5.41) is 12.9. The van der Waals surface area contributed by atoms with Crippen LogP contribution in [0.15, 0.2) is 47.2 Å². The van der Waals surface area contributed by atoms with Crippen molar-refractivity contribution in [2.75, 3.05) is 11.4 Å². The summed E-state index contributed by atoms with van der Waals surface area (Å²) >= 11 is 1.68. The summed E-state index contributed by atoms with van der Waals surface area (Å²) < 4.78 is 0. The van der Waals surface area contributed by atoms with Crippen molar-refractivity contribution in [3.8, 4) is 0 Å². The average Bonchev–Trinajstić information content (AvgIpc) is 2.91. The number of carbonyl (C=O) groups is 1. The minimum Gasteiger partial charge on any atom is -0.481 e. The van der Waals surface area contributed by atoms with Gasteiger partial charge in [-0.15, -0.1) is 0 Å². The number of para-hydroxylation sites is 1. The zero-order chi connectivity index (χ0) is 13.5. The van der Waals surface area contributed by atoms with Gasteiger partial charge in [-0.05, 0) is 40.9 Å². The van der Waals surface area contributed by atoms with Gasteiger partial charge in [0, 0.05) is 25.2 Å². The van der Waals surface area contributed by atoms with Crippen molar-refractivity contribution < 1.29 is 9.90 Å². The first-order chi connectivity index (χ1) is 9.25. The Balaban J connectivity index is 2.02. The van der Waals surface area contributed by atoms with Crippen molar-refractivity contribution >= 4 is 23.0 Å². The third-order valence-electron chi connectivity index (χ3n) is 2.89. The molecule has 0 saturated carbocycles. The van der Waals surface area contributed by atoms with Gasteiger partial charge in [-0.1, -0.05) is 18.2 Å². The summed E-state index contributed by atoms with van der Waals surface area (Å²) in [6.07, 6.45) is 0.876. The fourth-order valence-corrected chi connectivity index (χ4v) is 2.62. The Kier molecular flexibility index (Phi) is 4.98. The van der Waals surface area contributed by atoms with Gasteiger partial charge in [0.15, 0.2) is 0 Å². The maximum Gasteiger partial charge on any atom is 0.303 e. The van der Waals surface area contributed by atoms with E-state index in [1.165, 1.54) is 5.56 Å². The molecular weight excluding hydrogens is 258 g/mol. The molecule has 1 N–H and O–H groups in total. The smallest absolute Gasteiger partial charge is 0.303 e. The highest BCUT2D eigenvalue weighted by molar-refractivity contribution is 7.07. The lowest BCUT2D eigenvalue weighted by atomic mass is 10.2. The third-order valence-corrected chi connectivity index (χ3v) is 3.63. The van der Waals surface area contributed by atoms with Crippen LogP contribution in [0.2, 0.25) is 0 Å². The lowest BCUT2D eigenvalue weighted by Gasteiger charge is -2.24. The lowest BCUT2D eigenvalue weighted by Crippen LogP contribution is -2.24. The largest absolute Gasteiger partial charge is 0.481 e. The molecule has 19 heavy (non-hydrogen) atoms. The first-order valence-electron chi connectivity index (χ1n) is 6.28. The number of aliphatic carboxylic acids is 1. The number of rotatable bonds is 7. The molecule has 0 aliphatic heterocycles. The first kappa shape index (κ1) is 13.6. The topological polar surface area (TPSA) is 40.5 Å². The van der Waals surface area contributed by atoms with Crippen molar-refractivity contribution in [3.63, 3.8) is 0 Å². The Bertz CT molecular complexity index is 496. The Morgan fingerprint density at radius 2 is 2.00 bits per heavy atom. The number of hydrogen-bond donors (Lipinski definition) is 1. The van der Waals surface area contributed by atoms with Gasteiger partial charge in [0.1, 0.15) is 0 Å². The number of benzene rings is 1. The molecule has 0 atom stereocenters. The summed E-state index contributed by atoms with van der Waals surface area (Å²) in [7, 11) is 0. The summed E-state index contributed by atoms with van der Waals surface area (Å²) in [5.74, 6) is -0.733. The van der Waals surface area contributed by atoms with Crippen LogP contribution in [0.3, 0.4) is 0 Å². The number of carboxylic acids is 1. The quantitative estimate of drug-likeness (QED) is 0.839. The van der Waals surface area contributed by atoms with Crippen molar-refractivity contribution in [1.82, 2.24) is 0 Å². The maximum absolute atomic E-state index is 10.6. The second-order valence-electron chi connectivity index (χ2n) is 4.39. The van der Waals surface area contributed by atoms with E-state index in [-0.39, 0.29) is 6.42 Å². The fraction of sp³-hybridized carbons (Fsp3) is 0.267. The Morgan fingerprint density at radius 1 is 1.21 bits per heavy atom. The predicted molar refractivity (Wildman–Crippen MR) is 78.7 cm³/mol. The highest BCUT2D eigenvalue weighted by atomic mass is 32.1. The second kappa shape index (κ2) is 6.95. The van der Waals surface area contributed by atoms with Crippen LogP contribution in [0, 0.1) is 0 Å². The summed E-state index contributed by atoms with van der Waals surface area (Å²) in [4.78, 5) is 12.8. The molecule has 1 aromatic carbocycles. The van der Waals surface area contributed by atoms with E-state index >= 15 is 0 Å². The molecule has 0 fully saturated rings. The Morgan fingerprint density at radius 3 is 2.63 bits per heavy atom. The van der Waals surface area contributed by atoms with Gasteiger partial charge in [0.25, 0.3) is 0 Å². The van der Waals surface area contributed by atoms with Crippen molar-refractivity contribution in [2.24, 2.45) is 0 Å². The van der Waals surface area contributed by atoms with E-state index in [0.717, 1.165) is 18.8 Å². The van der Waals surface area contributed by atoms with E-state index in [1.54, 1.807) is 11.3 Å². The number of thiophene rings is 1. The minimum atomic E-state index is -0.733. The molecular formula is C15H17NO2S. The summed E-state index contributed by atoms with van der Waals surface area (Å²) in [6, 6.07) is 12.2. The van der Waals surface area contributed by atoms with E-state index < -0.39 is 5.97 Å². The van der Waals surface area contributed by atoms with Crippen LogP contribution < -0.4 is 4.90 Å². The highest BCUT2D eigenvalue weighted by Gasteiger charge is 2.08. The van der Waals surface area contributed by atoms with Gasteiger partial charge in [0.05, 0.1) is 0 Å². The van der Waals surface area contributed by atoms with E-state index in [1.807, 2.05) is 18.2 Å². The standard InChI is InChI=1S/C15H17NO2S/c17-15(18)7-4-9-16(11-13-8-10-19-12-13)14-5-2-1-3-6-14/h1-3,5-6,8,10,12H,4,7,9,11H2,(H,17,18). The van der Waals surface area contributed by atoms with Gasteiger partial charge in [-0.25, -0.2) is 0 Å². The van der Waals surface area contributed by atoms with Crippen molar-refractivity contribution in [2.45, 2.75) is 19.4 Å². The highest BCUT2D eigenvalue weighted by Crippen LogP contribution is 2.18. The molecule has 0 aliphatic rings. The lowest BCUT2D eigenvalue weighted by molar-refractivity contribution is -0.137. The fourth-order valence-electron chi connectivity index (χ4n) is 1.96. The van der Waals surface area contributed by atoms with Gasteiger partial charge < -0.3 is 10.0 Å². The molecule has 2 aromatic rings. The third kappa shape index (κ3) is 4.41. The molecule has 4 heteroatoms. The SMILES string of the molecule is O=C(O)CCCN(Cc1ccsc1)c1ccccc1. The maximum atomic E-state index is 10.6. The first-order valence-corrected chi connectivity index (χ1v) is 7.23. The van der Waals surface area contributed by atoms with E-state index in [0.29, 0.717) is 6.42 Å². The molecule has 1 aromatic heterocycles. The summed E-state index contributed by atoms with van der Waals surface area (Å²) in [6.45, 7) is 1.58. The molecule has 0 amide bonds. The zero-order valence-corrected chi connectivity index (χ0v) is 11.5. The molecule has 1 heterocycles. The number of hydrogen-bond acceptors (Lipinski definition) is 3. The molecule has 100 valence electrons. The van der Waals surface area contributed by atoms with Gasteiger partial charge >= 0.3 is 5.97 Å². The predicted octanol–water partition coefficient (Wildman–Crippen LogP) is 3.62. The molecule has 2 rings (SSSR count). The molecule has 0 aliphatic carbocycles. The van der Waals surface area contributed by atoms with E-state index in [2.05, 4.69) is 33.9 Å². The second-order valence-corrected chi connectivity index (χ2v) is 5.17. The van der Waals surface area contributed by atoms with Crippen LogP contribution in [0.1, 0.15) is 18.4 Å². The molecule has 0 radical (unpaired) electrons. The number of nitrogens with zero attached hydrogens (tertiary/aromatic N) is 1. The summed E-state index contributed by atoms with van der Waals surface area (Å²) in [5.41, 5.74) is 2.41. The van der Waals surface area contributed by atoms with Crippen molar-refractivity contribution in [3.05, 3.63) is 52.7 Å². The van der Waals surface area contributed by atoms with Crippen LogP contribution in [0.25, 0.3) is 0 Å². The van der Waals surface area contributed by atoms with Crippen LogP contribution in [-0.2, 0) is 11.3 Å². The zero-order valence-electron chi connectivity index (χ0n) is 10.7. The number of carboxylic acid groups (broad SMARTS) is 1. The van der Waals surface area contributed by atoms with Crippen LogP contribution in [0.5, 0.6) is 0 Å². The Labute approximate surface area is 117 Å². The van der Waals surface area contributed by atoms with Gasteiger partial charge in [0.2, 0.25) is 0 Å². The van der Waals surface area contributed by atoms with E-state index in [9.17, 15) is 4.79 Å². The van der Waals surface area contributed by atoms with E-state index in [4.69, 9.17) is 5.11 Å². The minimum absolute atomic E-state index is 0.215. The van der Waals surface area contributed by atoms with Gasteiger partial charge in [-0.2, -0.15) is 11.3 Å². The molecule has 0 bridgehead atoms. The molecule has 0 saturated heterocycles. The monoisotopic (exact) mass is 275 g/mol. The van der Waals surface area contributed by atoms with Gasteiger partial charge in [-0.3, -0.25) is 4.79 Å². The van der Waals surface area contributed by atoms with Crippen LogP contribution in [-0.4, -0.2) is 17.6 Å². The molecule has 0 spiro atoms.